The lowest BCUT2D eigenvalue weighted by Crippen LogP contribution is -1.81. The minimum absolute atomic E-state index is 0.652. The van der Waals surface area contributed by atoms with Crippen LogP contribution in [0, 0.1) is 23.7 Å². The van der Waals surface area contributed by atoms with Gasteiger partial charge in [-0.1, -0.05) is 60.1 Å². The van der Waals surface area contributed by atoms with Crippen LogP contribution in [0.5, 0.6) is 0 Å². The smallest absolute Gasteiger partial charge is 0.150 e. The fraction of sp³-hybridized carbons (Fsp3) is 0. The van der Waals surface area contributed by atoms with Gasteiger partial charge >= 0.3 is 0 Å². The van der Waals surface area contributed by atoms with E-state index in [0.717, 1.165) is 28.5 Å². The van der Waals surface area contributed by atoms with Crippen molar-refractivity contribution in [2.45, 2.75) is 0 Å². The Morgan fingerprint density at radius 1 is 0.542 bits per heavy atom. The molecular formula is C23H14O. The Hall–Kier alpha value is -3.55. The van der Waals surface area contributed by atoms with Crippen molar-refractivity contribution >= 4 is 6.29 Å². The van der Waals surface area contributed by atoms with Gasteiger partial charge in [-0.25, -0.2) is 0 Å². The van der Waals surface area contributed by atoms with Crippen molar-refractivity contribution in [3.63, 3.8) is 0 Å². The first kappa shape index (κ1) is 15.3. The molecule has 0 saturated heterocycles. The van der Waals surface area contributed by atoms with Crippen LogP contribution in [0.15, 0.2) is 78.9 Å². The van der Waals surface area contributed by atoms with E-state index in [9.17, 15) is 4.79 Å². The summed E-state index contributed by atoms with van der Waals surface area (Å²) in [6, 6.07) is 25.0. The third-order valence-corrected chi connectivity index (χ3v) is 3.39. The lowest BCUT2D eigenvalue weighted by molar-refractivity contribution is 0.112. The number of carbonyl (C=O) groups is 1. The summed E-state index contributed by atoms with van der Waals surface area (Å²) >= 11 is 0. The number of rotatable bonds is 1. The van der Waals surface area contributed by atoms with E-state index < -0.39 is 0 Å². The molecule has 0 radical (unpaired) electrons. The lowest BCUT2D eigenvalue weighted by Gasteiger charge is -1.94. The Labute approximate surface area is 142 Å². The first-order valence-corrected chi connectivity index (χ1v) is 7.58. The van der Waals surface area contributed by atoms with E-state index in [1.165, 1.54) is 0 Å². The molecule has 0 fully saturated rings. The van der Waals surface area contributed by atoms with Crippen LogP contribution in [0.25, 0.3) is 0 Å². The first-order chi connectivity index (χ1) is 11.8. The molecule has 1 heteroatoms. The quantitative estimate of drug-likeness (QED) is 0.484. The van der Waals surface area contributed by atoms with Crippen molar-refractivity contribution in [2.75, 3.05) is 0 Å². The highest BCUT2D eigenvalue weighted by Crippen LogP contribution is 2.05. The molecule has 24 heavy (non-hydrogen) atoms. The predicted octanol–water partition coefficient (Wildman–Crippen LogP) is 4.30. The lowest BCUT2D eigenvalue weighted by atomic mass is 10.1. The molecule has 1 nitrogen and oxygen atoms in total. The van der Waals surface area contributed by atoms with Crippen molar-refractivity contribution in [3.8, 4) is 23.7 Å². The Balaban J connectivity index is 1.80. The summed E-state index contributed by atoms with van der Waals surface area (Å²) in [6.07, 6.45) is 0.825. The minimum Gasteiger partial charge on any atom is -0.298 e. The normalized spacial score (nSPS) is 9.17. The first-order valence-electron chi connectivity index (χ1n) is 7.58. The van der Waals surface area contributed by atoms with Crippen LogP contribution in [-0.2, 0) is 0 Å². The van der Waals surface area contributed by atoms with Crippen LogP contribution in [0.3, 0.4) is 0 Å². The van der Waals surface area contributed by atoms with Gasteiger partial charge in [-0.15, -0.1) is 0 Å². The average Bonchev–Trinajstić information content (AvgIpc) is 2.66. The van der Waals surface area contributed by atoms with Gasteiger partial charge in [-0.3, -0.25) is 4.79 Å². The second-order valence-electron chi connectivity index (χ2n) is 5.19. The monoisotopic (exact) mass is 306 g/mol. The molecule has 0 bridgehead atoms. The van der Waals surface area contributed by atoms with Gasteiger partial charge in [0.05, 0.1) is 0 Å². The van der Waals surface area contributed by atoms with Gasteiger partial charge < -0.3 is 0 Å². The average molecular weight is 306 g/mol. The van der Waals surface area contributed by atoms with Crippen molar-refractivity contribution in [1.29, 1.82) is 0 Å². The Bertz CT molecular complexity index is 960. The van der Waals surface area contributed by atoms with Gasteiger partial charge in [0.2, 0.25) is 0 Å². The zero-order valence-electron chi connectivity index (χ0n) is 13.0. The van der Waals surface area contributed by atoms with Crippen molar-refractivity contribution in [3.05, 3.63) is 107 Å². The van der Waals surface area contributed by atoms with Gasteiger partial charge in [0.1, 0.15) is 6.29 Å². The zero-order valence-corrected chi connectivity index (χ0v) is 13.0. The number of hydrogen-bond acceptors (Lipinski definition) is 1. The Morgan fingerprint density at radius 2 is 1.04 bits per heavy atom. The second-order valence-corrected chi connectivity index (χ2v) is 5.19. The molecule has 0 heterocycles. The Kier molecular flexibility index (Phi) is 4.88. The van der Waals surface area contributed by atoms with E-state index >= 15 is 0 Å². The highest BCUT2D eigenvalue weighted by molar-refractivity contribution is 5.74. The summed E-state index contributed by atoms with van der Waals surface area (Å²) in [5.41, 5.74) is 4.36. The molecule has 112 valence electrons. The van der Waals surface area contributed by atoms with E-state index in [1.54, 1.807) is 12.1 Å². The molecule has 0 atom stereocenters. The van der Waals surface area contributed by atoms with Crippen LogP contribution in [-0.4, -0.2) is 6.29 Å². The van der Waals surface area contributed by atoms with Crippen LogP contribution in [0.4, 0.5) is 0 Å². The number of carbonyl (C=O) groups excluding carboxylic acids is 1. The molecule has 0 amide bonds. The summed E-state index contributed by atoms with van der Waals surface area (Å²) in [5.74, 6) is 12.5. The molecule has 0 aromatic heterocycles. The van der Waals surface area contributed by atoms with Gasteiger partial charge in [-0.2, -0.15) is 0 Å². The van der Waals surface area contributed by atoms with Gasteiger partial charge in [0.15, 0.2) is 0 Å². The predicted molar refractivity (Wildman–Crippen MR) is 96.7 cm³/mol. The fourth-order valence-corrected chi connectivity index (χ4v) is 2.13. The van der Waals surface area contributed by atoms with E-state index in [1.807, 2.05) is 66.7 Å². The SMILES string of the molecule is O=Cc1ccc(C#Cc2cccc(C#Cc3ccccc3)c2)cc1. The van der Waals surface area contributed by atoms with Gasteiger partial charge in [0, 0.05) is 27.8 Å². The van der Waals surface area contributed by atoms with Gasteiger partial charge in [0.25, 0.3) is 0 Å². The second kappa shape index (κ2) is 7.63. The Morgan fingerprint density at radius 3 is 1.62 bits per heavy atom. The van der Waals surface area contributed by atoms with E-state index in [0.29, 0.717) is 5.56 Å². The summed E-state index contributed by atoms with van der Waals surface area (Å²) < 4.78 is 0. The highest BCUT2D eigenvalue weighted by Gasteiger charge is 1.92. The summed E-state index contributed by atoms with van der Waals surface area (Å²) in [4.78, 5) is 10.6. The fourth-order valence-electron chi connectivity index (χ4n) is 2.13. The van der Waals surface area contributed by atoms with Crippen molar-refractivity contribution in [2.24, 2.45) is 0 Å². The molecule has 3 aromatic rings. The van der Waals surface area contributed by atoms with Crippen LogP contribution >= 0.6 is 0 Å². The molecule has 0 aliphatic heterocycles. The zero-order chi connectivity index (χ0) is 16.6. The maximum absolute atomic E-state index is 10.6. The highest BCUT2D eigenvalue weighted by atomic mass is 16.1. The standard InChI is InChI=1S/C23H14O/c24-18-23-15-11-20(12-16-23)10-14-22-8-4-7-21(17-22)13-9-19-5-2-1-3-6-19/h1-8,11-12,15-18H. The molecular weight excluding hydrogens is 292 g/mol. The molecule has 0 N–H and O–H groups in total. The van der Waals surface area contributed by atoms with E-state index in [4.69, 9.17) is 0 Å². The van der Waals surface area contributed by atoms with Crippen LogP contribution in [0.1, 0.15) is 32.6 Å². The summed E-state index contributed by atoms with van der Waals surface area (Å²) in [6.45, 7) is 0. The van der Waals surface area contributed by atoms with Crippen molar-refractivity contribution < 1.29 is 4.79 Å². The third-order valence-electron chi connectivity index (χ3n) is 3.39. The minimum atomic E-state index is 0.652. The van der Waals surface area contributed by atoms with Crippen LogP contribution < -0.4 is 0 Å². The van der Waals surface area contributed by atoms with E-state index in [2.05, 4.69) is 23.7 Å². The molecule has 0 aliphatic carbocycles. The molecule has 0 aliphatic rings. The van der Waals surface area contributed by atoms with Gasteiger partial charge in [-0.05, 0) is 42.5 Å². The topological polar surface area (TPSA) is 17.1 Å². The van der Waals surface area contributed by atoms with Crippen LogP contribution in [0.2, 0.25) is 0 Å². The molecule has 0 spiro atoms. The number of hydrogen-bond donors (Lipinski definition) is 0. The molecule has 0 saturated carbocycles. The molecule has 3 aromatic carbocycles. The number of benzene rings is 3. The maximum atomic E-state index is 10.6. The van der Waals surface area contributed by atoms with Crippen molar-refractivity contribution in [1.82, 2.24) is 0 Å². The molecule has 0 unspecified atom stereocenters. The van der Waals surface area contributed by atoms with E-state index in [-0.39, 0.29) is 0 Å². The third kappa shape index (κ3) is 4.23. The number of aldehydes is 1. The summed E-state index contributed by atoms with van der Waals surface area (Å²) in [5, 5.41) is 0. The maximum Gasteiger partial charge on any atom is 0.150 e. The molecule has 3 rings (SSSR count). The summed E-state index contributed by atoms with van der Waals surface area (Å²) in [7, 11) is 0. The largest absolute Gasteiger partial charge is 0.298 e.